The largest absolute Gasteiger partial charge is 0.350 e. The maximum Gasteiger partial charge on any atom is 0.283 e. The van der Waals surface area contributed by atoms with Crippen LogP contribution in [0.3, 0.4) is 0 Å². The number of carbonyl (C=O) groups is 3. The number of hydrogen-bond donors (Lipinski definition) is 2. The number of hydrogen-bond acceptors (Lipinski definition) is 4. The number of imide groups is 1. The zero-order chi connectivity index (χ0) is 23.7. The van der Waals surface area contributed by atoms with Crippen molar-refractivity contribution >= 4 is 62.3 Å². The highest BCUT2D eigenvalue weighted by Gasteiger charge is 2.39. The van der Waals surface area contributed by atoms with Crippen molar-refractivity contribution in [2.45, 2.75) is 13.8 Å². The number of amides is 3. The molecule has 1 aliphatic rings. The molecule has 2 N–H and O–H groups in total. The third-order valence-corrected chi connectivity index (χ3v) is 6.22. The second kappa shape index (κ2) is 9.21. The Morgan fingerprint density at radius 1 is 0.909 bits per heavy atom. The minimum absolute atomic E-state index is 0.0342. The number of halogens is 2. The van der Waals surface area contributed by atoms with E-state index in [1.165, 1.54) is 0 Å². The summed E-state index contributed by atoms with van der Waals surface area (Å²) in [5, 5.41) is 5.53. The van der Waals surface area contributed by atoms with Gasteiger partial charge in [-0.15, -0.1) is 0 Å². The second-order valence-corrected chi connectivity index (χ2v) is 8.81. The first kappa shape index (κ1) is 22.8. The lowest BCUT2D eigenvalue weighted by Gasteiger charge is -2.18. The standard InChI is InChI=1S/C25H19BrClN3O3/c1-14-5-3-8-20(15(14)2)30-24(32)21(27)22(25(30)33)28-19-7-4-6-16(13-19)23(31)29-18-11-9-17(26)10-12-18/h3-13,28H,1-2H3,(H,29,31). The maximum absolute atomic E-state index is 13.1. The first-order valence-electron chi connectivity index (χ1n) is 10.0. The third-order valence-electron chi connectivity index (χ3n) is 5.34. The molecule has 0 spiro atoms. The van der Waals surface area contributed by atoms with Crippen LogP contribution in [0.15, 0.2) is 81.9 Å². The molecule has 166 valence electrons. The fraction of sp³-hybridized carbons (Fsp3) is 0.0800. The maximum atomic E-state index is 13.1. The minimum atomic E-state index is -0.595. The summed E-state index contributed by atoms with van der Waals surface area (Å²) < 4.78 is 0.905. The number of nitrogens with zero attached hydrogens (tertiary/aromatic N) is 1. The highest BCUT2D eigenvalue weighted by molar-refractivity contribution is 9.10. The molecule has 0 saturated carbocycles. The van der Waals surface area contributed by atoms with E-state index in [1.54, 1.807) is 48.5 Å². The van der Waals surface area contributed by atoms with Crippen LogP contribution >= 0.6 is 27.5 Å². The molecule has 0 aliphatic carbocycles. The summed E-state index contributed by atoms with van der Waals surface area (Å²) in [6, 6.07) is 19.2. The molecule has 3 aromatic rings. The quantitative estimate of drug-likeness (QED) is 0.416. The van der Waals surface area contributed by atoms with Gasteiger partial charge in [-0.3, -0.25) is 14.4 Å². The first-order chi connectivity index (χ1) is 15.8. The normalized spacial score (nSPS) is 13.5. The van der Waals surface area contributed by atoms with Gasteiger partial charge in [0.1, 0.15) is 10.7 Å². The summed E-state index contributed by atoms with van der Waals surface area (Å²) in [7, 11) is 0. The lowest BCUT2D eigenvalue weighted by atomic mass is 10.1. The molecule has 0 fully saturated rings. The molecule has 0 radical (unpaired) electrons. The molecule has 33 heavy (non-hydrogen) atoms. The van der Waals surface area contributed by atoms with Gasteiger partial charge in [-0.2, -0.15) is 0 Å². The summed E-state index contributed by atoms with van der Waals surface area (Å²) in [4.78, 5) is 39.6. The Bertz CT molecular complexity index is 1320. The predicted molar refractivity (Wildman–Crippen MR) is 133 cm³/mol. The molecule has 1 heterocycles. The fourth-order valence-corrected chi connectivity index (χ4v) is 3.90. The monoisotopic (exact) mass is 523 g/mol. The van der Waals surface area contributed by atoms with E-state index in [0.29, 0.717) is 22.6 Å². The Hall–Kier alpha value is -3.42. The predicted octanol–water partition coefficient (Wildman–Crippen LogP) is 5.75. The summed E-state index contributed by atoms with van der Waals surface area (Å²) in [6.45, 7) is 3.75. The smallest absolute Gasteiger partial charge is 0.283 e. The summed E-state index contributed by atoms with van der Waals surface area (Å²) in [6.07, 6.45) is 0. The molecular weight excluding hydrogens is 506 g/mol. The molecule has 3 aromatic carbocycles. The van der Waals surface area contributed by atoms with Crippen molar-refractivity contribution in [2.24, 2.45) is 0 Å². The number of anilines is 3. The van der Waals surface area contributed by atoms with E-state index in [1.807, 2.05) is 32.0 Å². The summed E-state index contributed by atoms with van der Waals surface area (Å²) in [5.74, 6) is -1.46. The highest BCUT2D eigenvalue weighted by Crippen LogP contribution is 2.33. The van der Waals surface area contributed by atoms with E-state index in [0.717, 1.165) is 20.5 Å². The molecule has 0 saturated heterocycles. The number of benzene rings is 3. The van der Waals surface area contributed by atoms with Crippen LogP contribution in [-0.2, 0) is 9.59 Å². The van der Waals surface area contributed by atoms with Gasteiger partial charge in [-0.05, 0) is 73.5 Å². The number of aryl methyl sites for hydroxylation is 1. The van der Waals surface area contributed by atoms with Gasteiger partial charge in [-0.1, -0.05) is 45.7 Å². The third kappa shape index (κ3) is 4.55. The van der Waals surface area contributed by atoms with Gasteiger partial charge in [-0.25, -0.2) is 4.90 Å². The van der Waals surface area contributed by atoms with Crippen molar-refractivity contribution < 1.29 is 14.4 Å². The zero-order valence-corrected chi connectivity index (χ0v) is 20.1. The Labute approximate surface area is 204 Å². The fourth-order valence-electron chi connectivity index (χ4n) is 3.43. The second-order valence-electron chi connectivity index (χ2n) is 7.52. The Balaban J connectivity index is 1.56. The molecule has 1 aliphatic heterocycles. The van der Waals surface area contributed by atoms with Gasteiger partial charge >= 0.3 is 0 Å². The van der Waals surface area contributed by atoms with Gasteiger partial charge in [0.05, 0.1) is 5.69 Å². The van der Waals surface area contributed by atoms with Crippen molar-refractivity contribution in [3.63, 3.8) is 0 Å². The number of rotatable bonds is 5. The van der Waals surface area contributed by atoms with Crippen molar-refractivity contribution in [1.29, 1.82) is 0 Å². The molecule has 0 atom stereocenters. The highest BCUT2D eigenvalue weighted by atomic mass is 79.9. The Morgan fingerprint density at radius 3 is 2.33 bits per heavy atom. The van der Waals surface area contributed by atoms with Crippen LogP contribution < -0.4 is 15.5 Å². The van der Waals surface area contributed by atoms with Crippen LogP contribution in [0.5, 0.6) is 0 Å². The summed E-state index contributed by atoms with van der Waals surface area (Å²) >= 11 is 9.61. The molecule has 0 bridgehead atoms. The lowest BCUT2D eigenvalue weighted by molar-refractivity contribution is -0.120. The average Bonchev–Trinajstić information content (AvgIpc) is 3.00. The van der Waals surface area contributed by atoms with E-state index in [9.17, 15) is 14.4 Å². The molecule has 0 aromatic heterocycles. The molecule has 8 heteroatoms. The van der Waals surface area contributed by atoms with Crippen LogP contribution in [0.1, 0.15) is 21.5 Å². The van der Waals surface area contributed by atoms with Crippen molar-refractivity contribution in [3.8, 4) is 0 Å². The summed E-state index contributed by atoms with van der Waals surface area (Å²) in [5.41, 5.74) is 3.70. The van der Waals surface area contributed by atoms with Gasteiger partial charge in [0, 0.05) is 21.4 Å². The van der Waals surface area contributed by atoms with Crippen LogP contribution in [0.25, 0.3) is 0 Å². The van der Waals surface area contributed by atoms with E-state index in [2.05, 4.69) is 26.6 Å². The average molecular weight is 525 g/mol. The van der Waals surface area contributed by atoms with E-state index in [4.69, 9.17) is 11.6 Å². The first-order valence-corrected chi connectivity index (χ1v) is 11.2. The topological polar surface area (TPSA) is 78.5 Å². The van der Waals surface area contributed by atoms with Crippen LogP contribution in [0.4, 0.5) is 17.1 Å². The minimum Gasteiger partial charge on any atom is -0.350 e. The van der Waals surface area contributed by atoms with Gasteiger partial charge in [0.15, 0.2) is 0 Å². The Kier molecular flexibility index (Phi) is 6.35. The molecule has 0 unspecified atom stereocenters. The van der Waals surface area contributed by atoms with E-state index in [-0.39, 0.29) is 16.6 Å². The van der Waals surface area contributed by atoms with E-state index < -0.39 is 11.8 Å². The van der Waals surface area contributed by atoms with Crippen molar-refractivity contribution in [1.82, 2.24) is 0 Å². The van der Waals surface area contributed by atoms with Crippen LogP contribution in [-0.4, -0.2) is 17.7 Å². The molecule has 4 rings (SSSR count). The zero-order valence-electron chi connectivity index (χ0n) is 17.8. The Morgan fingerprint density at radius 2 is 1.61 bits per heavy atom. The van der Waals surface area contributed by atoms with Crippen molar-refractivity contribution in [3.05, 3.63) is 98.6 Å². The van der Waals surface area contributed by atoms with Crippen molar-refractivity contribution in [2.75, 3.05) is 15.5 Å². The number of carbonyl (C=O) groups excluding carboxylic acids is 3. The van der Waals surface area contributed by atoms with Gasteiger partial charge in [0.25, 0.3) is 17.7 Å². The number of nitrogens with one attached hydrogen (secondary N) is 2. The van der Waals surface area contributed by atoms with Gasteiger partial charge in [0.2, 0.25) is 0 Å². The molecule has 6 nitrogen and oxygen atoms in total. The SMILES string of the molecule is Cc1cccc(N2C(=O)C(Cl)=C(Nc3cccc(C(=O)Nc4ccc(Br)cc4)c3)C2=O)c1C. The molecule has 3 amide bonds. The molecular formula is C25H19BrClN3O3. The van der Waals surface area contributed by atoms with Crippen LogP contribution in [0.2, 0.25) is 0 Å². The lowest BCUT2D eigenvalue weighted by Crippen LogP contribution is -2.33. The van der Waals surface area contributed by atoms with Gasteiger partial charge < -0.3 is 10.6 Å². The van der Waals surface area contributed by atoms with E-state index >= 15 is 0 Å². The van der Waals surface area contributed by atoms with Crippen LogP contribution in [0, 0.1) is 13.8 Å².